The third kappa shape index (κ3) is 4.25. The number of hydrogen-bond acceptors (Lipinski definition) is 6. The maximum Gasteiger partial charge on any atom is 0.162 e. The highest BCUT2D eigenvalue weighted by atomic mass is 16.5. The van der Waals surface area contributed by atoms with Gasteiger partial charge in [-0.2, -0.15) is 0 Å². The minimum Gasteiger partial charge on any atom is -0.497 e. The van der Waals surface area contributed by atoms with Crippen molar-refractivity contribution in [3.05, 3.63) is 82.5 Å². The predicted molar refractivity (Wildman–Crippen MR) is 148 cm³/mol. The van der Waals surface area contributed by atoms with Gasteiger partial charge in [-0.15, -0.1) is 0 Å². The van der Waals surface area contributed by atoms with Gasteiger partial charge in [-0.25, -0.2) is 0 Å². The van der Waals surface area contributed by atoms with E-state index in [1.807, 2.05) is 41.0 Å². The number of hydrogen-bond donors (Lipinski definition) is 1. The molecule has 4 aromatic rings. The van der Waals surface area contributed by atoms with E-state index in [1.165, 1.54) is 22.4 Å². The van der Waals surface area contributed by atoms with Crippen molar-refractivity contribution in [3.8, 4) is 23.0 Å². The summed E-state index contributed by atoms with van der Waals surface area (Å²) in [6.07, 6.45) is 1.80. The zero-order valence-electron chi connectivity index (χ0n) is 21.5. The Bertz CT molecular complexity index is 1460. The molecule has 1 N–H and O–H groups in total. The SMILES string of the molecule is C.COc1ccc2c(c1)c1c(n2CO)CN2CCc3cc(OC)c(OCc4ccccc4OC)cc3C2C1. The maximum atomic E-state index is 10.2. The van der Waals surface area contributed by atoms with Crippen molar-refractivity contribution < 1.29 is 24.1 Å². The second kappa shape index (κ2) is 10.6. The van der Waals surface area contributed by atoms with E-state index in [2.05, 4.69) is 23.1 Å². The van der Waals surface area contributed by atoms with E-state index in [4.69, 9.17) is 18.9 Å². The van der Waals surface area contributed by atoms with Crippen LogP contribution in [0.5, 0.6) is 23.0 Å². The Hall–Kier alpha value is -3.68. The minimum atomic E-state index is -0.0363. The van der Waals surface area contributed by atoms with Gasteiger partial charge in [0.25, 0.3) is 0 Å². The monoisotopic (exact) mass is 516 g/mol. The van der Waals surface area contributed by atoms with Crippen molar-refractivity contribution >= 4 is 10.9 Å². The van der Waals surface area contributed by atoms with E-state index in [1.54, 1.807) is 21.3 Å². The molecule has 0 aliphatic carbocycles. The molecule has 1 aromatic heterocycles. The summed E-state index contributed by atoms with van der Waals surface area (Å²) in [4.78, 5) is 2.52. The lowest BCUT2D eigenvalue weighted by Crippen LogP contribution is -2.39. The second-order valence-electron chi connectivity index (χ2n) is 9.62. The molecule has 0 saturated carbocycles. The fourth-order valence-electron chi connectivity index (χ4n) is 5.98. The third-order valence-corrected chi connectivity index (χ3v) is 7.85. The van der Waals surface area contributed by atoms with Crippen LogP contribution in [0.4, 0.5) is 0 Å². The van der Waals surface area contributed by atoms with Crippen LogP contribution >= 0.6 is 0 Å². The van der Waals surface area contributed by atoms with Gasteiger partial charge in [0.2, 0.25) is 0 Å². The number of aliphatic hydroxyl groups excluding tert-OH is 1. The number of para-hydroxylation sites is 1. The predicted octanol–water partition coefficient (Wildman–Crippen LogP) is 5.49. The van der Waals surface area contributed by atoms with Gasteiger partial charge in [-0.1, -0.05) is 25.6 Å². The van der Waals surface area contributed by atoms with Gasteiger partial charge in [0.05, 0.1) is 26.8 Å². The van der Waals surface area contributed by atoms with Gasteiger partial charge in [0.15, 0.2) is 11.5 Å². The van der Waals surface area contributed by atoms with Crippen molar-refractivity contribution in [1.82, 2.24) is 9.47 Å². The molecule has 200 valence electrons. The Morgan fingerprint density at radius 1 is 0.921 bits per heavy atom. The van der Waals surface area contributed by atoms with Crippen LogP contribution in [-0.2, 0) is 32.7 Å². The van der Waals surface area contributed by atoms with Crippen molar-refractivity contribution in [3.63, 3.8) is 0 Å². The van der Waals surface area contributed by atoms with Gasteiger partial charge >= 0.3 is 0 Å². The van der Waals surface area contributed by atoms with E-state index in [-0.39, 0.29) is 20.2 Å². The van der Waals surface area contributed by atoms with Crippen LogP contribution in [0.2, 0.25) is 0 Å². The molecule has 0 saturated heterocycles. The van der Waals surface area contributed by atoms with Gasteiger partial charge in [-0.3, -0.25) is 4.90 Å². The molecule has 0 radical (unpaired) electrons. The molecule has 2 aliphatic heterocycles. The highest BCUT2D eigenvalue weighted by Crippen LogP contribution is 2.45. The summed E-state index contributed by atoms with van der Waals surface area (Å²) < 4.78 is 25.1. The number of methoxy groups -OCH3 is 3. The Labute approximate surface area is 224 Å². The van der Waals surface area contributed by atoms with Gasteiger partial charge in [0.1, 0.15) is 24.8 Å². The first-order valence-electron chi connectivity index (χ1n) is 12.6. The van der Waals surface area contributed by atoms with Crippen molar-refractivity contribution in [1.29, 1.82) is 0 Å². The number of rotatable bonds is 7. The molecule has 6 rings (SSSR count). The van der Waals surface area contributed by atoms with Crippen molar-refractivity contribution in [2.24, 2.45) is 0 Å². The zero-order chi connectivity index (χ0) is 25.5. The van der Waals surface area contributed by atoms with E-state index >= 15 is 0 Å². The van der Waals surface area contributed by atoms with Crippen LogP contribution in [0.25, 0.3) is 10.9 Å². The summed E-state index contributed by atoms with van der Waals surface area (Å²) in [6, 6.07) is 18.5. The number of aliphatic hydroxyl groups is 1. The average Bonchev–Trinajstić information content (AvgIpc) is 3.26. The van der Waals surface area contributed by atoms with Gasteiger partial charge < -0.3 is 28.6 Å². The van der Waals surface area contributed by atoms with Crippen LogP contribution in [0.15, 0.2) is 54.6 Å². The van der Waals surface area contributed by atoms with Crippen LogP contribution < -0.4 is 18.9 Å². The molecule has 7 heteroatoms. The Morgan fingerprint density at radius 2 is 1.74 bits per heavy atom. The first kappa shape index (κ1) is 25.9. The van der Waals surface area contributed by atoms with Crippen molar-refractivity contribution in [2.45, 2.75) is 46.2 Å². The fourth-order valence-corrected chi connectivity index (χ4v) is 5.98. The molecule has 7 nitrogen and oxygen atoms in total. The molecule has 0 spiro atoms. The van der Waals surface area contributed by atoms with E-state index in [9.17, 15) is 5.11 Å². The van der Waals surface area contributed by atoms with E-state index in [0.29, 0.717) is 6.61 Å². The summed E-state index contributed by atoms with van der Waals surface area (Å²) in [6.45, 7) is 2.10. The van der Waals surface area contributed by atoms with E-state index < -0.39 is 0 Å². The first-order chi connectivity index (χ1) is 18.1. The Kier molecular flexibility index (Phi) is 7.23. The van der Waals surface area contributed by atoms with Crippen LogP contribution in [-0.4, -0.2) is 42.4 Å². The molecule has 0 fully saturated rings. The lowest BCUT2D eigenvalue weighted by atomic mass is 9.85. The summed E-state index contributed by atoms with van der Waals surface area (Å²) >= 11 is 0. The number of nitrogens with zero attached hydrogens (tertiary/aromatic N) is 2. The quantitative estimate of drug-likeness (QED) is 0.351. The molecule has 0 amide bonds. The molecule has 3 aromatic carbocycles. The molecule has 3 heterocycles. The summed E-state index contributed by atoms with van der Waals surface area (Å²) in [7, 11) is 5.06. The van der Waals surface area contributed by atoms with E-state index in [0.717, 1.165) is 65.4 Å². The smallest absolute Gasteiger partial charge is 0.162 e. The number of benzene rings is 3. The number of fused-ring (bicyclic) bond motifs is 6. The lowest BCUT2D eigenvalue weighted by Gasteiger charge is -2.41. The molecule has 1 unspecified atom stereocenters. The van der Waals surface area contributed by atoms with Crippen LogP contribution in [0.3, 0.4) is 0 Å². The largest absolute Gasteiger partial charge is 0.497 e. The lowest BCUT2D eigenvalue weighted by molar-refractivity contribution is 0.145. The third-order valence-electron chi connectivity index (χ3n) is 7.85. The number of ether oxygens (including phenoxy) is 4. The highest BCUT2D eigenvalue weighted by molar-refractivity contribution is 5.87. The van der Waals surface area contributed by atoms with Crippen LogP contribution in [0, 0.1) is 0 Å². The molecule has 2 aliphatic rings. The normalized spacial score (nSPS) is 16.2. The second-order valence-corrected chi connectivity index (χ2v) is 9.62. The van der Waals surface area contributed by atoms with Crippen molar-refractivity contribution in [2.75, 3.05) is 27.9 Å². The highest BCUT2D eigenvalue weighted by Gasteiger charge is 2.36. The molecular weight excluding hydrogens is 480 g/mol. The molecule has 38 heavy (non-hydrogen) atoms. The zero-order valence-corrected chi connectivity index (χ0v) is 21.5. The molecule has 0 bridgehead atoms. The average molecular weight is 517 g/mol. The summed E-state index contributed by atoms with van der Waals surface area (Å²) in [5, 5.41) is 11.4. The summed E-state index contributed by atoms with van der Waals surface area (Å²) in [5.74, 6) is 3.12. The van der Waals surface area contributed by atoms with Gasteiger partial charge in [-0.05, 0) is 65.9 Å². The Balaban J connectivity index is 0.00000294. The number of aromatic nitrogens is 1. The molecular formula is C31H36N2O5. The van der Waals surface area contributed by atoms with Crippen LogP contribution in [0.1, 0.15) is 41.4 Å². The topological polar surface area (TPSA) is 65.3 Å². The molecule has 1 atom stereocenters. The minimum absolute atomic E-state index is 0. The Morgan fingerprint density at radius 3 is 2.50 bits per heavy atom. The first-order valence-corrected chi connectivity index (χ1v) is 12.6. The standard InChI is InChI=1S/C30H32N2O5.CH4/c1-34-21-8-9-25-23(13-21)24-14-26-22-15-30(37-17-20-6-4-5-7-28(20)35-2)29(36-3)12-19(22)10-11-31(26)16-27(24)32(25)18-33;/h4-9,12-13,15,26,33H,10-11,14,16-18H2,1-3H3;1H4. The van der Waals surface area contributed by atoms with Gasteiger partial charge in [0, 0.05) is 35.8 Å². The fraction of sp³-hybridized carbons (Fsp3) is 0.355. The maximum absolute atomic E-state index is 10.2. The summed E-state index contributed by atoms with van der Waals surface area (Å²) in [5.41, 5.74) is 7.08.